The first-order chi connectivity index (χ1) is 12.8. The number of oxazole rings is 1. The van der Waals surface area contributed by atoms with E-state index in [2.05, 4.69) is 25.4 Å². The van der Waals surface area contributed by atoms with Gasteiger partial charge in [0.1, 0.15) is 5.52 Å². The van der Waals surface area contributed by atoms with Crippen LogP contribution in [0.1, 0.15) is 29.6 Å². The second-order valence-electron chi connectivity index (χ2n) is 7.59. The molecule has 1 atom stereocenters. The van der Waals surface area contributed by atoms with Crippen LogP contribution in [0.15, 0.2) is 22.6 Å². The summed E-state index contributed by atoms with van der Waals surface area (Å²) in [6, 6.07) is 6.22. The Bertz CT molecular complexity index is 816. The number of nitrogens with one attached hydrogen (secondary N) is 2. The van der Waals surface area contributed by atoms with Gasteiger partial charge in [0.25, 0.3) is 11.9 Å². The van der Waals surface area contributed by atoms with Gasteiger partial charge in [0.2, 0.25) is 0 Å². The number of hydrogen-bond donors (Lipinski definition) is 2. The Kier molecular flexibility index (Phi) is 6.70. The maximum Gasteiger partial charge on any atom is 0.298 e. The standard InChI is InChI=1S/C19H25N5O2.2ClH/c25-18(21-16-12-13-4-8-23(16)9-5-13)14-2-1-3-15-17(14)22-19(26-15)24-10-6-20-7-11-24;;/h1-3,13,16,20H,4-12H2,(H,21,25);2*1H/t16-;;/m0../s1. The molecule has 0 unspecified atom stereocenters. The van der Waals surface area contributed by atoms with E-state index in [1.165, 1.54) is 12.8 Å². The number of carbonyl (C=O) groups excluding carboxylic acids is 1. The Balaban J connectivity index is 0.00000112. The van der Waals surface area contributed by atoms with Crippen LogP contribution in [0.3, 0.4) is 0 Å². The van der Waals surface area contributed by atoms with E-state index >= 15 is 0 Å². The molecule has 4 saturated heterocycles. The van der Waals surface area contributed by atoms with Gasteiger partial charge in [-0.2, -0.15) is 4.98 Å². The highest BCUT2D eigenvalue weighted by molar-refractivity contribution is 6.04. The number of anilines is 1. The monoisotopic (exact) mass is 427 g/mol. The Hall–Kier alpha value is -1.54. The molecule has 28 heavy (non-hydrogen) atoms. The number of halogens is 2. The van der Waals surface area contributed by atoms with Crippen LogP contribution in [0.4, 0.5) is 6.01 Å². The number of rotatable bonds is 3. The molecule has 4 aliphatic heterocycles. The van der Waals surface area contributed by atoms with Crippen LogP contribution < -0.4 is 15.5 Å². The van der Waals surface area contributed by atoms with Crippen molar-refractivity contribution in [3.05, 3.63) is 23.8 Å². The van der Waals surface area contributed by atoms with Gasteiger partial charge in [-0.25, -0.2) is 0 Å². The molecule has 1 aromatic heterocycles. The largest absolute Gasteiger partial charge is 0.423 e. The second kappa shape index (κ2) is 8.86. The summed E-state index contributed by atoms with van der Waals surface area (Å²) in [5, 5.41) is 6.56. The van der Waals surface area contributed by atoms with Crippen molar-refractivity contribution < 1.29 is 9.21 Å². The lowest BCUT2D eigenvalue weighted by atomic mass is 9.86. The van der Waals surface area contributed by atoms with Gasteiger partial charge < -0.3 is 20.0 Å². The third-order valence-corrected chi connectivity index (χ3v) is 5.98. The SMILES string of the molecule is Cl.Cl.O=C(N[C@@H]1CC2CCN1CC2)c1cccc2oc(N3CCNCC3)nc12. The zero-order chi connectivity index (χ0) is 17.5. The van der Waals surface area contributed by atoms with Crippen molar-refractivity contribution in [3.8, 4) is 0 Å². The molecular formula is C19H27Cl2N5O2. The Morgan fingerprint density at radius 1 is 1.14 bits per heavy atom. The predicted molar refractivity (Wildman–Crippen MR) is 114 cm³/mol. The van der Waals surface area contributed by atoms with Gasteiger partial charge in [-0.05, 0) is 37.3 Å². The summed E-state index contributed by atoms with van der Waals surface area (Å²) in [5.74, 6) is 0.709. The summed E-state index contributed by atoms with van der Waals surface area (Å²) >= 11 is 0. The Morgan fingerprint density at radius 2 is 1.89 bits per heavy atom. The van der Waals surface area contributed by atoms with Gasteiger partial charge in [0.15, 0.2) is 5.58 Å². The molecule has 2 bridgehead atoms. The van der Waals surface area contributed by atoms with Crippen molar-refractivity contribution in [1.82, 2.24) is 20.5 Å². The summed E-state index contributed by atoms with van der Waals surface area (Å²) in [6.07, 6.45) is 3.75. The van der Waals surface area contributed by atoms with E-state index in [9.17, 15) is 4.79 Å². The minimum Gasteiger partial charge on any atom is -0.423 e. The quantitative estimate of drug-likeness (QED) is 0.782. The van der Waals surface area contributed by atoms with E-state index in [4.69, 9.17) is 4.42 Å². The van der Waals surface area contributed by atoms with Crippen LogP contribution in [-0.2, 0) is 0 Å². The minimum atomic E-state index is -0.0479. The Labute approximate surface area is 177 Å². The number of para-hydroxylation sites is 1. The van der Waals surface area contributed by atoms with Crippen LogP contribution in [0.5, 0.6) is 0 Å². The van der Waals surface area contributed by atoms with Gasteiger partial charge in [-0.1, -0.05) is 6.07 Å². The fourth-order valence-electron chi connectivity index (χ4n) is 4.46. The Morgan fingerprint density at radius 3 is 2.57 bits per heavy atom. The van der Waals surface area contributed by atoms with E-state index in [-0.39, 0.29) is 36.9 Å². The highest BCUT2D eigenvalue weighted by Crippen LogP contribution is 2.31. The van der Waals surface area contributed by atoms with Crippen LogP contribution in [-0.4, -0.2) is 61.2 Å². The van der Waals surface area contributed by atoms with E-state index in [0.29, 0.717) is 22.7 Å². The number of piperazine rings is 1. The van der Waals surface area contributed by atoms with Crippen molar-refractivity contribution in [2.75, 3.05) is 44.2 Å². The average Bonchev–Trinajstić information content (AvgIpc) is 3.14. The number of hydrogen-bond acceptors (Lipinski definition) is 6. The number of aromatic nitrogens is 1. The van der Waals surface area contributed by atoms with Crippen molar-refractivity contribution in [1.29, 1.82) is 0 Å². The molecular weight excluding hydrogens is 401 g/mol. The molecule has 4 aliphatic rings. The van der Waals surface area contributed by atoms with Crippen LogP contribution in [0.25, 0.3) is 11.1 Å². The van der Waals surface area contributed by atoms with Crippen molar-refractivity contribution in [3.63, 3.8) is 0 Å². The molecule has 7 nitrogen and oxygen atoms in total. The fourth-order valence-corrected chi connectivity index (χ4v) is 4.46. The second-order valence-corrected chi connectivity index (χ2v) is 7.59. The normalized spacial score (nSPS) is 26.4. The van der Waals surface area contributed by atoms with Crippen LogP contribution in [0, 0.1) is 5.92 Å². The molecule has 5 heterocycles. The molecule has 0 aliphatic carbocycles. The van der Waals surface area contributed by atoms with Crippen LogP contribution in [0.2, 0.25) is 0 Å². The van der Waals surface area contributed by atoms with Crippen molar-refractivity contribution in [2.45, 2.75) is 25.4 Å². The van der Waals surface area contributed by atoms with Gasteiger partial charge in [-0.3, -0.25) is 9.69 Å². The van der Waals surface area contributed by atoms with Crippen LogP contribution >= 0.6 is 24.8 Å². The van der Waals surface area contributed by atoms with Gasteiger partial charge >= 0.3 is 0 Å². The number of fused-ring (bicyclic) bond motifs is 4. The molecule has 9 heteroatoms. The fraction of sp³-hybridized carbons (Fsp3) is 0.579. The smallest absolute Gasteiger partial charge is 0.298 e. The lowest BCUT2D eigenvalue weighted by Gasteiger charge is -2.45. The molecule has 2 aromatic rings. The topological polar surface area (TPSA) is 73.6 Å². The predicted octanol–water partition coefficient (Wildman–Crippen LogP) is 2.25. The minimum absolute atomic E-state index is 0. The first-order valence-corrected chi connectivity index (χ1v) is 9.68. The molecule has 1 amide bonds. The number of nitrogens with zero attached hydrogens (tertiary/aromatic N) is 3. The molecule has 1 aromatic carbocycles. The summed E-state index contributed by atoms with van der Waals surface area (Å²) in [6.45, 7) is 5.77. The molecule has 0 saturated carbocycles. The van der Waals surface area contributed by atoms with Crippen molar-refractivity contribution >= 4 is 47.8 Å². The van der Waals surface area contributed by atoms with Gasteiger partial charge in [0, 0.05) is 39.3 Å². The molecule has 4 fully saturated rings. The van der Waals surface area contributed by atoms with Gasteiger partial charge in [-0.15, -0.1) is 24.8 Å². The highest BCUT2D eigenvalue weighted by atomic mass is 35.5. The maximum absolute atomic E-state index is 12.9. The zero-order valence-electron chi connectivity index (χ0n) is 15.7. The van der Waals surface area contributed by atoms with E-state index < -0.39 is 0 Å². The third-order valence-electron chi connectivity index (χ3n) is 5.98. The molecule has 2 N–H and O–H groups in total. The number of piperidine rings is 3. The molecule has 0 spiro atoms. The number of carbonyl (C=O) groups is 1. The first-order valence-electron chi connectivity index (χ1n) is 9.68. The first kappa shape index (κ1) is 21.2. The number of benzene rings is 1. The average molecular weight is 428 g/mol. The molecule has 6 rings (SSSR count). The molecule has 154 valence electrons. The van der Waals surface area contributed by atoms with E-state index in [0.717, 1.165) is 51.6 Å². The lowest BCUT2D eigenvalue weighted by molar-refractivity contribution is 0.0295. The summed E-state index contributed by atoms with van der Waals surface area (Å²) in [4.78, 5) is 22.1. The summed E-state index contributed by atoms with van der Waals surface area (Å²) < 4.78 is 5.93. The van der Waals surface area contributed by atoms with E-state index in [1.54, 1.807) is 0 Å². The third kappa shape index (κ3) is 3.94. The highest BCUT2D eigenvalue weighted by Gasteiger charge is 2.34. The maximum atomic E-state index is 12.9. The number of amides is 1. The molecule has 0 radical (unpaired) electrons. The van der Waals surface area contributed by atoms with Gasteiger partial charge in [0.05, 0.1) is 11.7 Å². The van der Waals surface area contributed by atoms with Crippen molar-refractivity contribution in [2.24, 2.45) is 5.92 Å². The summed E-state index contributed by atoms with van der Waals surface area (Å²) in [5.41, 5.74) is 1.95. The van der Waals surface area contributed by atoms with E-state index in [1.807, 2.05) is 18.2 Å². The zero-order valence-corrected chi connectivity index (χ0v) is 17.4. The summed E-state index contributed by atoms with van der Waals surface area (Å²) in [7, 11) is 0. The lowest BCUT2D eigenvalue weighted by Crippen LogP contribution is -2.56.